The van der Waals surface area contributed by atoms with Crippen LogP contribution in [0.15, 0.2) is 17.1 Å². The zero-order valence-corrected chi connectivity index (χ0v) is 15.4. The van der Waals surface area contributed by atoms with Gasteiger partial charge in [0.05, 0.1) is 0 Å². The molecule has 1 aliphatic rings. The van der Waals surface area contributed by atoms with Crippen molar-refractivity contribution < 1.29 is 0 Å². The molecule has 1 saturated heterocycles. The fourth-order valence-electron chi connectivity index (χ4n) is 2.08. The monoisotopic (exact) mass is 395 g/mol. The Balaban J connectivity index is 0.00000361. The highest BCUT2D eigenvalue weighted by Crippen LogP contribution is 2.04. The average Bonchev–Trinajstić information content (AvgIpc) is 2.36. The van der Waals surface area contributed by atoms with E-state index in [9.17, 15) is 0 Å². The van der Waals surface area contributed by atoms with Crippen molar-refractivity contribution in [3.8, 4) is 0 Å². The van der Waals surface area contributed by atoms with Gasteiger partial charge in [-0.3, -0.25) is 4.99 Å². The standard InChI is InChI=1S/C14H29N5.HI/c1-12(2)9-16-14(15)17-10-13(3)11-19-7-5-18(4)6-8-19;/h13H,1,5-11H2,2-4H3,(H3,15,16,17);1H. The molecule has 0 aromatic heterocycles. The topological polar surface area (TPSA) is 56.9 Å². The molecule has 0 amide bonds. The molecule has 0 spiro atoms. The number of rotatable bonds is 6. The van der Waals surface area contributed by atoms with Crippen molar-refractivity contribution in [3.63, 3.8) is 0 Å². The van der Waals surface area contributed by atoms with E-state index in [0.29, 0.717) is 18.4 Å². The van der Waals surface area contributed by atoms with Crippen LogP contribution in [-0.2, 0) is 0 Å². The molecule has 0 saturated carbocycles. The lowest BCUT2D eigenvalue weighted by Gasteiger charge is -2.33. The molecule has 5 nitrogen and oxygen atoms in total. The number of guanidine groups is 1. The quantitative estimate of drug-likeness (QED) is 0.305. The van der Waals surface area contributed by atoms with Gasteiger partial charge in [0, 0.05) is 45.8 Å². The van der Waals surface area contributed by atoms with E-state index in [1.165, 1.54) is 0 Å². The van der Waals surface area contributed by atoms with Crippen molar-refractivity contribution in [3.05, 3.63) is 12.2 Å². The zero-order chi connectivity index (χ0) is 14.3. The lowest BCUT2D eigenvalue weighted by Crippen LogP contribution is -2.46. The molecule has 0 radical (unpaired) electrons. The molecular formula is C14H30IN5. The first-order valence-corrected chi connectivity index (χ1v) is 7.06. The second-order valence-corrected chi connectivity index (χ2v) is 5.75. The van der Waals surface area contributed by atoms with Crippen LogP contribution in [0.4, 0.5) is 0 Å². The van der Waals surface area contributed by atoms with E-state index in [1.807, 2.05) is 6.92 Å². The van der Waals surface area contributed by atoms with Crippen LogP contribution in [0.1, 0.15) is 13.8 Å². The number of nitrogens with one attached hydrogen (secondary N) is 1. The molecule has 1 fully saturated rings. The molecule has 118 valence electrons. The van der Waals surface area contributed by atoms with E-state index in [0.717, 1.165) is 44.8 Å². The third kappa shape index (κ3) is 8.76. The molecule has 1 heterocycles. The van der Waals surface area contributed by atoms with Crippen LogP contribution in [0.25, 0.3) is 0 Å². The number of piperazine rings is 1. The highest BCUT2D eigenvalue weighted by atomic mass is 127. The van der Waals surface area contributed by atoms with Gasteiger partial charge in [0.15, 0.2) is 5.96 Å². The number of nitrogens with two attached hydrogens (primary N) is 1. The van der Waals surface area contributed by atoms with E-state index in [-0.39, 0.29) is 24.0 Å². The van der Waals surface area contributed by atoms with Gasteiger partial charge in [0.1, 0.15) is 0 Å². The number of hydrogen-bond acceptors (Lipinski definition) is 3. The van der Waals surface area contributed by atoms with Gasteiger partial charge < -0.3 is 20.9 Å². The lowest BCUT2D eigenvalue weighted by atomic mass is 10.1. The third-order valence-corrected chi connectivity index (χ3v) is 3.31. The molecule has 3 N–H and O–H groups in total. The van der Waals surface area contributed by atoms with Gasteiger partial charge in [-0.15, -0.1) is 24.0 Å². The van der Waals surface area contributed by atoms with E-state index in [1.54, 1.807) is 0 Å². The summed E-state index contributed by atoms with van der Waals surface area (Å²) in [6, 6.07) is 0. The van der Waals surface area contributed by atoms with Gasteiger partial charge in [0.2, 0.25) is 0 Å². The highest BCUT2D eigenvalue weighted by Gasteiger charge is 2.15. The number of halogens is 1. The number of nitrogens with zero attached hydrogens (tertiary/aromatic N) is 3. The maximum Gasteiger partial charge on any atom is 0.188 e. The highest BCUT2D eigenvalue weighted by molar-refractivity contribution is 14.0. The normalized spacial score (nSPS) is 19.2. The largest absolute Gasteiger partial charge is 0.370 e. The van der Waals surface area contributed by atoms with Crippen molar-refractivity contribution in [2.75, 3.05) is 52.9 Å². The smallest absolute Gasteiger partial charge is 0.188 e. The maximum atomic E-state index is 5.80. The van der Waals surface area contributed by atoms with Crippen LogP contribution in [-0.4, -0.2) is 68.6 Å². The Kier molecular flexibility index (Phi) is 10.2. The van der Waals surface area contributed by atoms with Gasteiger partial charge in [0.25, 0.3) is 0 Å². The van der Waals surface area contributed by atoms with Crippen LogP contribution in [0.2, 0.25) is 0 Å². The van der Waals surface area contributed by atoms with E-state index >= 15 is 0 Å². The Morgan fingerprint density at radius 2 is 1.95 bits per heavy atom. The van der Waals surface area contributed by atoms with Gasteiger partial charge in [-0.1, -0.05) is 19.1 Å². The predicted molar refractivity (Wildman–Crippen MR) is 97.8 cm³/mol. The Morgan fingerprint density at radius 3 is 2.50 bits per heavy atom. The van der Waals surface area contributed by atoms with Crippen molar-refractivity contribution in [1.82, 2.24) is 15.1 Å². The summed E-state index contributed by atoms with van der Waals surface area (Å²) in [4.78, 5) is 9.27. The third-order valence-electron chi connectivity index (χ3n) is 3.31. The van der Waals surface area contributed by atoms with E-state index in [4.69, 9.17) is 5.73 Å². The van der Waals surface area contributed by atoms with Crippen LogP contribution in [0, 0.1) is 5.92 Å². The molecule has 0 aromatic rings. The second kappa shape index (κ2) is 10.4. The SMILES string of the molecule is C=C(C)CNC(N)=NCC(C)CN1CCN(C)CC1.I. The summed E-state index contributed by atoms with van der Waals surface area (Å²) in [5.74, 6) is 1.06. The molecule has 1 rings (SSSR count). The summed E-state index contributed by atoms with van der Waals surface area (Å²) in [5.41, 5.74) is 6.86. The molecular weight excluding hydrogens is 365 g/mol. The summed E-state index contributed by atoms with van der Waals surface area (Å²) in [5, 5.41) is 3.05. The van der Waals surface area contributed by atoms with Gasteiger partial charge in [-0.05, 0) is 19.9 Å². The molecule has 0 aromatic carbocycles. The minimum atomic E-state index is 0. The summed E-state index contributed by atoms with van der Waals surface area (Å²) in [7, 11) is 2.18. The Hall–Kier alpha value is -0.340. The maximum absolute atomic E-state index is 5.80. The number of aliphatic imine (C=N–C) groups is 1. The van der Waals surface area contributed by atoms with Crippen LogP contribution in [0.5, 0.6) is 0 Å². The summed E-state index contributed by atoms with van der Waals surface area (Å²) in [6.45, 7) is 15.2. The molecule has 1 aliphatic heterocycles. The fourth-order valence-corrected chi connectivity index (χ4v) is 2.08. The van der Waals surface area contributed by atoms with E-state index in [2.05, 4.69) is 40.7 Å². The predicted octanol–water partition coefficient (Wildman–Crippen LogP) is 0.968. The molecule has 0 bridgehead atoms. The first-order valence-electron chi connectivity index (χ1n) is 7.06. The number of likely N-dealkylation sites (N-methyl/N-ethyl adjacent to an activating group) is 1. The van der Waals surface area contributed by atoms with Crippen molar-refractivity contribution in [1.29, 1.82) is 0 Å². The summed E-state index contributed by atoms with van der Waals surface area (Å²) >= 11 is 0. The van der Waals surface area contributed by atoms with Gasteiger partial charge >= 0.3 is 0 Å². The molecule has 0 aliphatic carbocycles. The van der Waals surface area contributed by atoms with Crippen LogP contribution in [0.3, 0.4) is 0 Å². The van der Waals surface area contributed by atoms with Crippen LogP contribution >= 0.6 is 24.0 Å². The first-order chi connectivity index (χ1) is 8.97. The zero-order valence-electron chi connectivity index (χ0n) is 13.1. The Bertz CT molecular complexity index is 311. The molecule has 6 heteroatoms. The average molecular weight is 395 g/mol. The minimum Gasteiger partial charge on any atom is -0.370 e. The Labute approximate surface area is 140 Å². The lowest BCUT2D eigenvalue weighted by molar-refractivity contribution is 0.140. The van der Waals surface area contributed by atoms with Crippen molar-refractivity contribution in [2.45, 2.75) is 13.8 Å². The molecule has 1 atom stereocenters. The Morgan fingerprint density at radius 1 is 1.35 bits per heavy atom. The van der Waals surface area contributed by atoms with Gasteiger partial charge in [-0.25, -0.2) is 0 Å². The minimum absolute atomic E-state index is 0. The van der Waals surface area contributed by atoms with E-state index < -0.39 is 0 Å². The molecule has 20 heavy (non-hydrogen) atoms. The number of hydrogen-bond donors (Lipinski definition) is 2. The van der Waals surface area contributed by atoms with Gasteiger partial charge in [-0.2, -0.15) is 0 Å². The first kappa shape index (κ1) is 19.7. The van der Waals surface area contributed by atoms with Crippen molar-refractivity contribution >= 4 is 29.9 Å². The summed E-state index contributed by atoms with van der Waals surface area (Å²) in [6.07, 6.45) is 0. The fraction of sp³-hybridized carbons (Fsp3) is 0.786. The van der Waals surface area contributed by atoms with Crippen molar-refractivity contribution in [2.24, 2.45) is 16.6 Å². The molecule has 1 unspecified atom stereocenters. The van der Waals surface area contributed by atoms with Crippen LogP contribution < -0.4 is 11.1 Å². The second-order valence-electron chi connectivity index (χ2n) is 5.75. The summed E-state index contributed by atoms with van der Waals surface area (Å²) < 4.78 is 0.